The molecule has 2 aliphatic rings. The van der Waals surface area contributed by atoms with Crippen molar-refractivity contribution in [3.8, 4) is 12.3 Å². The van der Waals surface area contributed by atoms with E-state index in [9.17, 15) is 9.59 Å². The zero-order valence-corrected chi connectivity index (χ0v) is 20.2. The lowest BCUT2D eigenvalue weighted by Gasteiger charge is -2.35. The van der Waals surface area contributed by atoms with Gasteiger partial charge in [0.15, 0.2) is 5.66 Å². The van der Waals surface area contributed by atoms with Crippen LogP contribution in [0.4, 0.5) is 0 Å². The Hall–Kier alpha value is -2.43. The van der Waals surface area contributed by atoms with Gasteiger partial charge in [-0.1, -0.05) is 30.7 Å². The van der Waals surface area contributed by atoms with Gasteiger partial charge in [-0.25, -0.2) is 0 Å². The van der Waals surface area contributed by atoms with Gasteiger partial charge in [0.2, 0.25) is 11.8 Å². The summed E-state index contributed by atoms with van der Waals surface area (Å²) in [6.45, 7) is 5.79. The molecule has 2 amide bonds. The Bertz CT molecular complexity index is 915. The van der Waals surface area contributed by atoms with E-state index in [4.69, 9.17) is 22.8 Å². The van der Waals surface area contributed by atoms with Crippen LogP contribution in [-0.4, -0.2) is 48.7 Å². The molecule has 8 heteroatoms. The summed E-state index contributed by atoms with van der Waals surface area (Å²) in [5.74, 6) is 2.04. The third-order valence-electron chi connectivity index (χ3n) is 6.22. The minimum Gasteiger partial charge on any atom is -0.381 e. The van der Waals surface area contributed by atoms with Crippen molar-refractivity contribution in [2.75, 3.05) is 26.3 Å². The van der Waals surface area contributed by atoms with Crippen molar-refractivity contribution < 1.29 is 14.3 Å². The smallest absolute Gasteiger partial charge is 0.247 e. The van der Waals surface area contributed by atoms with Crippen molar-refractivity contribution in [3.05, 3.63) is 34.3 Å². The van der Waals surface area contributed by atoms with Gasteiger partial charge in [-0.2, -0.15) is 10.2 Å². The first kappa shape index (κ1) is 25.2. The average Bonchev–Trinajstić information content (AvgIpc) is 3.61. The first-order chi connectivity index (χ1) is 15.9. The SMILES string of the molecule is C#CCCC1(CCN(C(=O)C2CCCOC2)C(C(=O)NCCC)c2ccc(C)c(Cl)c2)N=N1. The van der Waals surface area contributed by atoms with Gasteiger partial charge in [0, 0.05) is 44.0 Å². The third kappa shape index (κ3) is 6.55. The lowest BCUT2D eigenvalue weighted by molar-refractivity contribution is -0.147. The number of nitrogens with one attached hydrogen (secondary N) is 1. The summed E-state index contributed by atoms with van der Waals surface area (Å²) < 4.78 is 5.58. The summed E-state index contributed by atoms with van der Waals surface area (Å²) in [5.41, 5.74) is 1.05. The lowest BCUT2D eigenvalue weighted by atomic mass is 9.95. The molecule has 2 heterocycles. The fourth-order valence-corrected chi connectivity index (χ4v) is 4.29. The highest BCUT2D eigenvalue weighted by molar-refractivity contribution is 6.31. The maximum atomic E-state index is 13.7. The molecule has 1 saturated heterocycles. The normalized spacial score (nSPS) is 19.4. The molecule has 1 aromatic rings. The molecule has 0 saturated carbocycles. The molecular weight excluding hydrogens is 440 g/mol. The number of terminal acetylenes is 1. The molecule has 178 valence electrons. The Labute approximate surface area is 201 Å². The molecule has 2 aliphatic heterocycles. The summed E-state index contributed by atoms with van der Waals surface area (Å²) in [6.07, 6.45) is 9.50. The minimum absolute atomic E-state index is 0.0872. The molecule has 0 aromatic heterocycles. The number of hydrogen-bond acceptors (Lipinski definition) is 5. The van der Waals surface area contributed by atoms with Gasteiger partial charge in [-0.3, -0.25) is 9.59 Å². The highest BCUT2D eigenvalue weighted by atomic mass is 35.5. The van der Waals surface area contributed by atoms with Crippen LogP contribution in [0.1, 0.15) is 62.6 Å². The Balaban J connectivity index is 1.92. The minimum atomic E-state index is -0.799. The van der Waals surface area contributed by atoms with Crippen LogP contribution in [0.5, 0.6) is 0 Å². The summed E-state index contributed by atoms with van der Waals surface area (Å²) in [5, 5.41) is 12.0. The van der Waals surface area contributed by atoms with Crippen LogP contribution in [0.2, 0.25) is 5.02 Å². The number of carbonyl (C=O) groups is 2. The van der Waals surface area contributed by atoms with Crippen LogP contribution in [0.25, 0.3) is 0 Å². The monoisotopic (exact) mass is 472 g/mol. The molecule has 0 aliphatic carbocycles. The van der Waals surface area contributed by atoms with Crippen molar-refractivity contribution in [3.63, 3.8) is 0 Å². The summed E-state index contributed by atoms with van der Waals surface area (Å²) in [6, 6.07) is 4.73. The van der Waals surface area contributed by atoms with Crippen LogP contribution in [-0.2, 0) is 14.3 Å². The Morgan fingerprint density at radius 3 is 2.79 bits per heavy atom. The van der Waals surface area contributed by atoms with E-state index in [2.05, 4.69) is 21.5 Å². The van der Waals surface area contributed by atoms with E-state index in [1.54, 1.807) is 11.0 Å². The zero-order valence-electron chi connectivity index (χ0n) is 19.5. The number of aryl methyl sites for hydroxylation is 1. The van der Waals surface area contributed by atoms with E-state index in [0.29, 0.717) is 56.2 Å². The first-order valence-corrected chi connectivity index (χ1v) is 12.1. The van der Waals surface area contributed by atoms with Crippen LogP contribution in [0.3, 0.4) is 0 Å². The lowest BCUT2D eigenvalue weighted by Crippen LogP contribution is -2.48. The fraction of sp³-hybridized carbons (Fsp3) is 0.600. The van der Waals surface area contributed by atoms with Crippen molar-refractivity contribution in [2.24, 2.45) is 16.1 Å². The molecule has 1 aromatic carbocycles. The third-order valence-corrected chi connectivity index (χ3v) is 6.63. The van der Waals surface area contributed by atoms with Gasteiger partial charge in [0.05, 0.1) is 12.5 Å². The predicted octanol–water partition coefficient (Wildman–Crippen LogP) is 4.44. The molecule has 1 fully saturated rings. The largest absolute Gasteiger partial charge is 0.381 e. The summed E-state index contributed by atoms with van der Waals surface area (Å²) >= 11 is 6.41. The number of amides is 2. The van der Waals surface area contributed by atoms with Gasteiger partial charge in [0.1, 0.15) is 6.04 Å². The molecule has 0 radical (unpaired) electrons. The number of nitrogens with zero attached hydrogens (tertiary/aromatic N) is 3. The zero-order chi connectivity index (χ0) is 23.8. The number of hydrogen-bond donors (Lipinski definition) is 1. The molecule has 1 N–H and O–H groups in total. The number of ether oxygens (including phenoxy) is 1. The molecule has 2 atom stereocenters. The molecule has 0 bridgehead atoms. The van der Waals surface area contributed by atoms with E-state index in [0.717, 1.165) is 24.8 Å². The van der Waals surface area contributed by atoms with E-state index in [1.165, 1.54) is 0 Å². The maximum absolute atomic E-state index is 13.7. The van der Waals surface area contributed by atoms with Crippen molar-refractivity contribution in [2.45, 2.75) is 64.1 Å². The van der Waals surface area contributed by atoms with Gasteiger partial charge in [-0.05, 0) is 43.4 Å². The first-order valence-electron chi connectivity index (χ1n) is 11.7. The highest BCUT2D eigenvalue weighted by Crippen LogP contribution is 2.38. The van der Waals surface area contributed by atoms with Crippen LogP contribution in [0, 0.1) is 25.2 Å². The predicted molar refractivity (Wildman–Crippen MR) is 128 cm³/mol. The fourth-order valence-electron chi connectivity index (χ4n) is 4.10. The second-order valence-electron chi connectivity index (χ2n) is 8.78. The maximum Gasteiger partial charge on any atom is 0.247 e. The second-order valence-corrected chi connectivity index (χ2v) is 9.19. The highest BCUT2D eigenvalue weighted by Gasteiger charge is 2.42. The quantitative estimate of drug-likeness (QED) is 0.483. The van der Waals surface area contributed by atoms with Crippen LogP contribution >= 0.6 is 11.6 Å². The summed E-state index contributed by atoms with van der Waals surface area (Å²) in [4.78, 5) is 28.8. The van der Waals surface area contributed by atoms with Crippen molar-refractivity contribution in [1.82, 2.24) is 10.2 Å². The second kappa shape index (κ2) is 11.6. The Kier molecular flexibility index (Phi) is 8.87. The van der Waals surface area contributed by atoms with E-state index >= 15 is 0 Å². The van der Waals surface area contributed by atoms with Gasteiger partial charge >= 0.3 is 0 Å². The topological polar surface area (TPSA) is 83.4 Å². The van der Waals surface area contributed by atoms with Crippen molar-refractivity contribution in [1.29, 1.82) is 0 Å². The van der Waals surface area contributed by atoms with E-state index < -0.39 is 11.7 Å². The van der Waals surface area contributed by atoms with E-state index in [-0.39, 0.29) is 17.7 Å². The molecular formula is C25H33ClN4O3. The molecule has 7 nitrogen and oxygen atoms in total. The number of rotatable bonds is 11. The molecule has 0 spiro atoms. The van der Waals surface area contributed by atoms with E-state index in [1.807, 2.05) is 26.0 Å². The number of halogens is 1. The van der Waals surface area contributed by atoms with Gasteiger partial charge < -0.3 is 15.0 Å². The van der Waals surface area contributed by atoms with Crippen LogP contribution < -0.4 is 5.32 Å². The van der Waals surface area contributed by atoms with Gasteiger partial charge in [-0.15, -0.1) is 12.3 Å². The molecule has 33 heavy (non-hydrogen) atoms. The average molecular weight is 473 g/mol. The molecule has 3 rings (SSSR count). The standard InChI is InChI=1S/C25H33ClN4O3/c1-4-6-11-25(28-29-25)12-14-30(24(32)20-8-7-15-33-17-20)22(23(31)27-13-5-2)19-10-9-18(3)21(26)16-19/h1,9-10,16,20,22H,5-8,11-15,17H2,2-3H3,(H,27,31). The Morgan fingerprint density at radius 1 is 1.39 bits per heavy atom. The van der Waals surface area contributed by atoms with Gasteiger partial charge in [0.25, 0.3) is 0 Å². The Morgan fingerprint density at radius 2 is 2.18 bits per heavy atom. The number of carbonyl (C=O) groups excluding carboxylic acids is 2. The van der Waals surface area contributed by atoms with Crippen LogP contribution in [0.15, 0.2) is 28.4 Å². The molecule has 2 unspecified atom stereocenters. The van der Waals surface area contributed by atoms with Crippen molar-refractivity contribution >= 4 is 23.4 Å². The number of benzene rings is 1. The summed E-state index contributed by atoms with van der Waals surface area (Å²) in [7, 11) is 0.